The third-order valence-corrected chi connectivity index (χ3v) is 4.92. The number of amides is 1. The summed E-state index contributed by atoms with van der Waals surface area (Å²) in [6.45, 7) is 1.86. The quantitative estimate of drug-likeness (QED) is 0.692. The van der Waals surface area contributed by atoms with Crippen molar-refractivity contribution in [1.82, 2.24) is 14.5 Å². The molecule has 2 aromatic heterocycles. The van der Waals surface area contributed by atoms with Crippen LogP contribution in [-0.2, 0) is 11.8 Å². The van der Waals surface area contributed by atoms with Crippen LogP contribution in [0.15, 0.2) is 48.8 Å². The van der Waals surface area contributed by atoms with Gasteiger partial charge in [0.1, 0.15) is 24.2 Å². The summed E-state index contributed by atoms with van der Waals surface area (Å²) >= 11 is 5.92. The van der Waals surface area contributed by atoms with Gasteiger partial charge in [-0.2, -0.15) is 0 Å². The van der Waals surface area contributed by atoms with Gasteiger partial charge in [0.25, 0.3) is 5.91 Å². The third kappa shape index (κ3) is 3.77. The van der Waals surface area contributed by atoms with Crippen molar-refractivity contribution in [3.8, 4) is 5.75 Å². The molecule has 0 aliphatic carbocycles. The SMILES string of the molecule is Cn1c(C(=O)N2CCOC(COc3cncc(Cl)c3)C2)cc2ccccc21. The maximum absolute atomic E-state index is 13.0. The predicted molar refractivity (Wildman–Crippen MR) is 103 cm³/mol. The highest BCUT2D eigenvalue weighted by Gasteiger charge is 2.27. The van der Waals surface area contributed by atoms with Crippen LogP contribution in [0, 0.1) is 0 Å². The fourth-order valence-corrected chi connectivity index (χ4v) is 3.49. The number of aromatic nitrogens is 2. The molecule has 27 heavy (non-hydrogen) atoms. The van der Waals surface area contributed by atoms with Gasteiger partial charge in [-0.3, -0.25) is 9.78 Å². The average Bonchev–Trinajstić information content (AvgIpc) is 3.03. The molecule has 1 unspecified atom stereocenters. The molecule has 0 spiro atoms. The second-order valence-corrected chi connectivity index (χ2v) is 6.98. The lowest BCUT2D eigenvalue weighted by Crippen LogP contribution is -2.48. The Morgan fingerprint density at radius 1 is 1.33 bits per heavy atom. The summed E-state index contributed by atoms with van der Waals surface area (Å²) in [4.78, 5) is 18.9. The highest BCUT2D eigenvalue weighted by atomic mass is 35.5. The van der Waals surface area contributed by atoms with E-state index in [9.17, 15) is 4.79 Å². The number of carbonyl (C=O) groups is 1. The van der Waals surface area contributed by atoms with Gasteiger partial charge in [-0.1, -0.05) is 29.8 Å². The van der Waals surface area contributed by atoms with Crippen molar-refractivity contribution in [3.63, 3.8) is 0 Å². The molecule has 140 valence electrons. The van der Waals surface area contributed by atoms with Crippen LogP contribution in [0.4, 0.5) is 0 Å². The Morgan fingerprint density at radius 3 is 3.00 bits per heavy atom. The minimum absolute atomic E-state index is 0.00595. The molecule has 1 amide bonds. The van der Waals surface area contributed by atoms with Crippen molar-refractivity contribution in [1.29, 1.82) is 0 Å². The monoisotopic (exact) mass is 385 g/mol. The number of morpholine rings is 1. The molecular formula is C20H20ClN3O3. The summed E-state index contributed by atoms with van der Waals surface area (Å²) in [6, 6.07) is 11.6. The number of nitrogens with zero attached hydrogens (tertiary/aromatic N) is 3. The molecule has 0 N–H and O–H groups in total. The molecule has 1 fully saturated rings. The van der Waals surface area contributed by atoms with E-state index in [1.54, 1.807) is 18.5 Å². The van der Waals surface area contributed by atoms with Gasteiger partial charge in [0.05, 0.1) is 24.4 Å². The van der Waals surface area contributed by atoms with E-state index in [2.05, 4.69) is 4.98 Å². The van der Waals surface area contributed by atoms with Gasteiger partial charge in [-0.05, 0) is 12.1 Å². The summed E-state index contributed by atoms with van der Waals surface area (Å²) in [5, 5.41) is 1.58. The average molecular weight is 386 g/mol. The van der Waals surface area contributed by atoms with Crippen LogP contribution in [0.2, 0.25) is 5.02 Å². The molecule has 3 heterocycles. The molecule has 1 atom stereocenters. The molecule has 1 aromatic carbocycles. The molecule has 0 bridgehead atoms. The van der Waals surface area contributed by atoms with Crippen molar-refractivity contribution in [3.05, 3.63) is 59.5 Å². The third-order valence-electron chi connectivity index (χ3n) is 4.71. The van der Waals surface area contributed by atoms with Gasteiger partial charge in [-0.15, -0.1) is 0 Å². The number of rotatable bonds is 4. The molecule has 1 aliphatic heterocycles. The van der Waals surface area contributed by atoms with Crippen LogP contribution in [0.5, 0.6) is 5.75 Å². The van der Waals surface area contributed by atoms with Crippen LogP contribution in [0.25, 0.3) is 10.9 Å². The standard InChI is InChI=1S/C20H20ClN3O3/c1-23-18-5-3-2-4-14(18)8-19(23)20(25)24-6-7-26-17(12-24)13-27-16-9-15(21)10-22-11-16/h2-5,8-11,17H,6-7,12-13H2,1H3. The second-order valence-electron chi connectivity index (χ2n) is 6.54. The van der Waals surface area contributed by atoms with E-state index >= 15 is 0 Å². The summed E-state index contributed by atoms with van der Waals surface area (Å²) in [5.74, 6) is 0.592. The Kier molecular flexibility index (Phi) is 5.01. The molecule has 0 radical (unpaired) electrons. The zero-order valence-corrected chi connectivity index (χ0v) is 15.7. The first-order valence-electron chi connectivity index (χ1n) is 8.80. The van der Waals surface area contributed by atoms with Crippen molar-refractivity contribution < 1.29 is 14.3 Å². The van der Waals surface area contributed by atoms with E-state index in [4.69, 9.17) is 21.1 Å². The molecule has 0 saturated carbocycles. The Labute approximate surface area is 162 Å². The number of para-hydroxylation sites is 1. The van der Waals surface area contributed by atoms with E-state index in [1.807, 2.05) is 46.8 Å². The molecule has 7 heteroatoms. The van der Waals surface area contributed by atoms with E-state index in [0.29, 0.717) is 42.8 Å². The molecule has 4 rings (SSSR count). The van der Waals surface area contributed by atoms with Crippen molar-refractivity contribution in [2.45, 2.75) is 6.10 Å². The number of hydrogen-bond acceptors (Lipinski definition) is 4. The van der Waals surface area contributed by atoms with Gasteiger partial charge in [-0.25, -0.2) is 0 Å². The van der Waals surface area contributed by atoms with Crippen molar-refractivity contribution in [2.24, 2.45) is 7.05 Å². The number of aryl methyl sites for hydroxylation is 1. The smallest absolute Gasteiger partial charge is 0.270 e. The normalized spacial score (nSPS) is 17.3. The number of hydrogen-bond donors (Lipinski definition) is 0. The lowest BCUT2D eigenvalue weighted by atomic mass is 10.2. The minimum atomic E-state index is -0.198. The van der Waals surface area contributed by atoms with Gasteiger partial charge in [0, 0.05) is 36.8 Å². The van der Waals surface area contributed by atoms with Crippen LogP contribution < -0.4 is 4.74 Å². The summed E-state index contributed by atoms with van der Waals surface area (Å²) in [7, 11) is 1.92. The van der Waals surface area contributed by atoms with Gasteiger partial charge < -0.3 is 18.9 Å². The first kappa shape index (κ1) is 17.8. The van der Waals surface area contributed by atoms with Crippen molar-refractivity contribution >= 4 is 28.4 Å². The first-order valence-corrected chi connectivity index (χ1v) is 9.18. The fraction of sp³-hybridized carbons (Fsp3) is 0.300. The summed E-state index contributed by atoms with van der Waals surface area (Å²) < 4.78 is 13.4. The van der Waals surface area contributed by atoms with E-state index in [1.165, 1.54) is 0 Å². The maximum Gasteiger partial charge on any atom is 0.270 e. The van der Waals surface area contributed by atoms with Gasteiger partial charge in [0.2, 0.25) is 0 Å². The number of pyridine rings is 1. The minimum Gasteiger partial charge on any atom is -0.489 e. The van der Waals surface area contributed by atoms with Gasteiger partial charge >= 0.3 is 0 Å². The van der Waals surface area contributed by atoms with E-state index in [0.717, 1.165) is 10.9 Å². The number of fused-ring (bicyclic) bond motifs is 1. The van der Waals surface area contributed by atoms with Crippen LogP contribution in [0.3, 0.4) is 0 Å². The Bertz CT molecular complexity index is 972. The second kappa shape index (κ2) is 7.58. The summed E-state index contributed by atoms with van der Waals surface area (Å²) in [5.41, 5.74) is 1.72. The topological polar surface area (TPSA) is 56.6 Å². The first-order chi connectivity index (χ1) is 13.1. The highest BCUT2D eigenvalue weighted by Crippen LogP contribution is 2.21. The van der Waals surface area contributed by atoms with E-state index in [-0.39, 0.29) is 12.0 Å². The number of carbonyl (C=O) groups excluding carboxylic acids is 1. The Morgan fingerprint density at radius 2 is 2.19 bits per heavy atom. The van der Waals surface area contributed by atoms with Crippen LogP contribution >= 0.6 is 11.6 Å². The largest absolute Gasteiger partial charge is 0.489 e. The molecular weight excluding hydrogens is 366 g/mol. The molecule has 3 aromatic rings. The lowest BCUT2D eigenvalue weighted by molar-refractivity contribution is -0.0403. The lowest BCUT2D eigenvalue weighted by Gasteiger charge is -2.32. The van der Waals surface area contributed by atoms with Crippen LogP contribution in [0.1, 0.15) is 10.5 Å². The number of halogens is 1. The molecule has 6 nitrogen and oxygen atoms in total. The summed E-state index contributed by atoms with van der Waals surface area (Å²) in [6.07, 6.45) is 2.96. The fourth-order valence-electron chi connectivity index (χ4n) is 3.32. The van der Waals surface area contributed by atoms with Crippen LogP contribution in [-0.4, -0.2) is 52.8 Å². The molecule has 1 saturated heterocycles. The number of ether oxygens (including phenoxy) is 2. The zero-order valence-electron chi connectivity index (χ0n) is 15.0. The van der Waals surface area contributed by atoms with Crippen molar-refractivity contribution in [2.75, 3.05) is 26.3 Å². The number of benzene rings is 1. The highest BCUT2D eigenvalue weighted by molar-refractivity contribution is 6.30. The zero-order chi connectivity index (χ0) is 18.8. The van der Waals surface area contributed by atoms with Gasteiger partial charge in [0.15, 0.2) is 0 Å². The predicted octanol–water partition coefficient (Wildman–Crippen LogP) is 3.15. The van der Waals surface area contributed by atoms with E-state index < -0.39 is 0 Å². The maximum atomic E-state index is 13.0. The molecule has 1 aliphatic rings. The Hall–Kier alpha value is -2.57. The Balaban J connectivity index is 1.44.